The number of carbonyl (C=O) groups is 1. The molecule has 28 heavy (non-hydrogen) atoms. The van der Waals surface area contributed by atoms with E-state index in [-0.39, 0.29) is 5.43 Å². The third-order valence-electron chi connectivity index (χ3n) is 4.44. The van der Waals surface area contributed by atoms with Gasteiger partial charge in [-0.25, -0.2) is 9.78 Å². The molecule has 0 atom stereocenters. The number of methoxy groups -OCH3 is 2. The first-order valence-corrected chi connectivity index (χ1v) is 8.43. The van der Waals surface area contributed by atoms with Gasteiger partial charge in [-0.3, -0.25) is 4.79 Å². The van der Waals surface area contributed by atoms with Crippen LogP contribution in [0.5, 0.6) is 5.75 Å². The summed E-state index contributed by atoms with van der Waals surface area (Å²) in [5.41, 5.74) is 2.75. The van der Waals surface area contributed by atoms with E-state index in [4.69, 9.17) is 13.9 Å². The number of pyridine rings is 1. The molecule has 7 nitrogen and oxygen atoms in total. The number of aromatic amines is 1. The van der Waals surface area contributed by atoms with E-state index in [0.29, 0.717) is 44.8 Å². The molecular weight excluding hydrogens is 360 g/mol. The normalized spacial score (nSPS) is 10.8. The molecule has 0 fully saturated rings. The molecule has 0 bridgehead atoms. The van der Waals surface area contributed by atoms with Gasteiger partial charge in [0, 0.05) is 23.2 Å². The second-order valence-corrected chi connectivity index (χ2v) is 6.08. The average molecular weight is 376 g/mol. The van der Waals surface area contributed by atoms with E-state index in [1.807, 2.05) is 6.07 Å². The Morgan fingerprint density at radius 2 is 2.00 bits per heavy atom. The Labute approximate surface area is 159 Å². The first kappa shape index (κ1) is 17.5. The van der Waals surface area contributed by atoms with Gasteiger partial charge in [0.1, 0.15) is 5.75 Å². The number of nitrogens with zero attached hydrogens (tertiary/aromatic N) is 1. The Kier molecular flexibility index (Phi) is 4.41. The zero-order valence-corrected chi connectivity index (χ0v) is 15.2. The SMILES string of the molecule is COC(=O)c1cccc(-c2cc(=O)c3cc(-c4cnco4)c(OC)cc3[nH]2)c1. The fourth-order valence-electron chi connectivity index (χ4n) is 3.07. The topological polar surface area (TPSA) is 94.4 Å². The van der Waals surface area contributed by atoms with Gasteiger partial charge < -0.3 is 18.9 Å². The number of benzene rings is 2. The number of rotatable bonds is 4. The van der Waals surface area contributed by atoms with Crippen molar-refractivity contribution in [2.75, 3.05) is 14.2 Å². The second-order valence-electron chi connectivity index (χ2n) is 6.08. The van der Waals surface area contributed by atoms with Crippen LogP contribution in [-0.4, -0.2) is 30.2 Å². The lowest BCUT2D eigenvalue weighted by molar-refractivity contribution is 0.0601. The van der Waals surface area contributed by atoms with E-state index in [2.05, 4.69) is 9.97 Å². The predicted octanol–water partition coefficient (Wildman–Crippen LogP) is 3.65. The van der Waals surface area contributed by atoms with Crippen molar-refractivity contribution in [3.63, 3.8) is 0 Å². The van der Waals surface area contributed by atoms with Crippen molar-refractivity contribution in [1.29, 1.82) is 0 Å². The van der Waals surface area contributed by atoms with Crippen molar-refractivity contribution in [2.45, 2.75) is 0 Å². The maximum absolute atomic E-state index is 12.8. The summed E-state index contributed by atoms with van der Waals surface area (Å²) in [5.74, 6) is 0.608. The molecule has 0 aliphatic heterocycles. The maximum atomic E-state index is 12.8. The van der Waals surface area contributed by atoms with Crippen LogP contribution in [0.25, 0.3) is 33.5 Å². The number of carbonyl (C=O) groups excluding carboxylic acids is 1. The molecule has 2 aromatic carbocycles. The van der Waals surface area contributed by atoms with Gasteiger partial charge in [-0.1, -0.05) is 12.1 Å². The van der Waals surface area contributed by atoms with Gasteiger partial charge in [-0.2, -0.15) is 0 Å². The summed E-state index contributed by atoms with van der Waals surface area (Å²) < 4.78 is 15.6. The Morgan fingerprint density at radius 3 is 2.71 bits per heavy atom. The lowest BCUT2D eigenvalue weighted by atomic mass is 10.0. The minimum Gasteiger partial charge on any atom is -0.496 e. The molecule has 4 rings (SSSR count). The van der Waals surface area contributed by atoms with Gasteiger partial charge in [0.2, 0.25) is 0 Å². The number of esters is 1. The number of hydrogen-bond acceptors (Lipinski definition) is 6. The number of oxazole rings is 1. The average Bonchev–Trinajstić information content (AvgIpc) is 3.27. The van der Waals surface area contributed by atoms with Crippen molar-refractivity contribution in [3.8, 4) is 28.3 Å². The van der Waals surface area contributed by atoms with Crippen molar-refractivity contribution >= 4 is 16.9 Å². The quantitative estimate of drug-likeness (QED) is 0.547. The van der Waals surface area contributed by atoms with Crippen LogP contribution >= 0.6 is 0 Å². The summed E-state index contributed by atoms with van der Waals surface area (Å²) in [5, 5.41) is 0.486. The molecule has 1 N–H and O–H groups in total. The first-order chi connectivity index (χ1) is 13.6. The molecule has 0 saturated carbocycles. The molecule has 0 amide bonds. The van der Waals surface area contributed by atoms with Gasteiger partial charge in [-0.15, -0.1) is 0 Å². The van der Waals surface area contributed by atoms with E-state index in [0.717, 1.165) is 0 Å². The van der Waals surface area contributed by atoms with Crippen LogP contribution in [-0.2, 0) is 4.74 Å². The van der Waals surface area contributed by atoms with Crippen molar-refractivity contribution < 1.29 is 18.7 Å². The molecule has 0 unspecified atom stereocenters. The molecule has 140 valence electrons. The van der Waals surface area contributed by atoms with Crippen LogP contribution < -0.4 is 10.2 Å². The van der Waals surface area contributed by atoms with Crippen molar-refractivity contribution in [3.05, 3.63) is 70.8 Å². The number of H-pyrrole nitrogens is 1. The van der Waals surface area contributed by atoms with Crippen LogP contribution in [0.2, 0.25) is 0 Å². The first-order valence-electron chi connectivity index (χ1n) is 8.43. The third kappa shape index (κ3) is 3.03. The number of hydrogen-bond donors (Lipinski definition) is 1. The van der Waals surface area contributed by atoms with Crippen molar-refractivity contribution in [2.24, 2.45) is 0 Å². The van der Waals surface area contributed by atoms with E-state index in [1.54, 1.807) is 43.6 Å². The molecule has 2 heterocycles. The molecule has 0 spiro atoms. The van der Waals surface area contributed by atoms with E-state index >= 15 is 0 Å². The molecule has 0 aliphatic rings. The van der Waals surface area contributed by atoms with Crippen LogP contribution in [0.15, 0.2) is 64.3 Å². The minimum atomic E-state index is -0.441. The highest BCUT2D eigenvalue weighted by Gasteiger charge is 2.14. The summed E-state index contributed by atoms with van der Waals surface area (Å²) in [6.45, 7) is 0. The van der Waals surface area contributed by atoms with Crippen LogP contribution in [0.4, 0.5) is 0 Å². The van der Waals surface area contributed by atoms with Gasteiger partial charge >= 0.3 is 5.97 Å². The molecule has 7 heteroatoms. The summed E-state index contributed by atoms with van der Waals surface area (Å²) in [4.78, 5) is 31.7. The molecule has 0 aliphatic carbocycles. The molecule has 0 saturated heterocycles. The third-order valence-corrected chi connectivity index (χ3v) is 4.44. The van der Waals surface area contributed by atoms with Gasteiger partial charge in [0.05, 0.1) is 37.1 Å². The maximum Gasteiger partial charge on any atom is 0.337 e. The van der Waals surface area contributed by atoms with E-state index in [9.17, 15) is 9.59 Å². The number of fused-ring (bicyclic) bond motifs is 1. The minimum absolute atomic E-state index is 0.171. The lowest BCUT2D eigenvalue weighted by Gasteiger charge is -2.10. The van der Waals surface area contributed by atoms with Gasteiger partial charge in [0.15, 0.2) is 17.6 Å². The number of nitrogens with one attached hydrogen (secondary N) is 1. The van der Waals surface area contributed by atoms with E-state index < -0.39 is 5.97 Å². The second kappa shape index (κ2) is 7.03. The highest BCUT2D eigenvalue weighted by molar-refractivity contribution is 5.92. The zero-order valence-electron chi connectivity index (χ0n) is 15.2. The predicted molar refractivity (Wildman–Crippen MR) is 103 cm³/mol. The summed E-state index contributed by atoms with van der Waals surface area (Å²) in [6.07, 6.45) is 2.88. The smallest absolute Gasteiger partial charge is 0.337 e. The van der Waals surface area contributed by atoms with Crippen LogP contribution in [0, 0.1) is 0 Å². The summed E-state index contributed by atoms with van der Waals surface area (Å²) >= 11 is 0. The Bertz CT molecular complexity index is 1230. The standard InChI is InChI=1S/C21H16N2O5/c1-26-19-9-17-14(7-15(19)20-10-22-11-28-20)18(24)8-16(23-17)12-4-3-5-13(6-12)21(25)27-2/h3-11H,1-2H3,(H,23,24). The molecule has 0 radical (unpaired) electrons. The number of ether oxygens (including phenoxy) is 2. The molecular formula is C21H16N2O5. The Balaban J connectivity index is 1.89. The number of aromatic nitrogens is 2. The molecule has 2 aromatic heterocycles. The fourth-order valence-corrected chi connectivity index (χ4v) is 3.07. The largest absolute Gasteiger partial charge is 0.496 e. The lowest BCUT2D eigenvalue weighted by Crippen LogP contribution is -2.05. The van der Waals surface area contributed by atoms with Crippen molar-refractivity contribution in [1.82, 2.24) is 9.97 Å². The Morgan fingerprint density at radius 1 is 1.14 bits per heavy atom. The summed E-state index contributed by atoms with van der Waals surface area (Å²) in [7, 11) is 2.87. The summed E-state index contributed by atoms with van der Waals surface area (Å²) in [6, 6.07) is 11.8. The highest BCUT2D eigenvalue weighted by Crippen LogP contribution is 2.33. The van der Waals surface area contributed by atoms with Crippen LogP contribution in [0.1, 0.15) is 10.4 Å². The molecule has 4 aromatic rings. The highest BCUT2D eigenvalue weighted by atomic mass is 16.5. The van der Waals surface area contributed by atoms with Crippen LogP contribution in [0.3, 0.4) is 0 Å². The van der Waals surface area contributed by atoms with Gasteiger partial charge in [-0.05, 0) is 23.8 Å². The fraction of sp³-hybridized carbons (Fsp3) is 0.0952. The Hall–Kier alpha value is -3.87. The zero-order chi connectivity index (χ0) is 19.7. The van der Waals surface area contributed by atoms with Gasteiger partial charge in [0.25, 0.3) is 0 Å². The van der Waals surface area contributed by atoms with E-state index in [1.165, 1.54) is 19.6 Å². The monoisotopic (exact) mass is 376 g/mol.